The summed E-state index contributed by atoms with van der Waals surface area (Å²) in [6.07, 6.45) is 13.2. The number of unbranched alkanes of at least 4 members (excludes halogenated alkanes) is 1. The van der Waals surface area contributed by atoms with Crippen molar-refractivity contribution in [3.63, 3.8) is 0 Å². The number of amidine groups is 1. The van der Waals surface area contributed by atoms with Crippen LogP contribution >= 0.6 is 0 Å². The highest BCUT2D eigenvalue weighted by Gasteiger charge is 2.22. The number of phenols is 2. The number of hydrogen-bond acceptors (Lipinski definition) is 8. The Bertz CT molecular complexity index is 1220. The van der Waals surface area contributed by atoms with Crippen LogP contribution in [-0.2, 0) is 13.1 Å². The molecule has 2 aromatic carbocycles. The number of nitrogens with zero attached hydrogens (tertiary/aromatic N) is 4. The van der Waals surface area contributed by atoms with Crippen molar-refractivity contribution >= 4 is 28.6 Å². The fraction of sp³-hybridized carbons (Fsp3) is 0.308. The Morgan fingerprint density at radius 1 is 0.889 bits per heavy atom. The second-order valence-electron chi connectivity index (χ2n) is 8.78. The molecular weight excluding hydrogens is 456 g/mol. The van der Waals surface area contributed by atoms with Crippen LogP contribution in [0.1, 0.15) is 19.3 Å². The Morgan fingerprint density at radius 2 is 1.56 bits per heavy atom. The van der Waals surface area contributed by atoms with Crippen molar-refractivity contribution < 1.29 is 14.8 Å². The van der Waals surface area contributed by atoms with Gasteiger partial charge in [-0.2, -0.15) is 0 Å². The van der Waals surface area contributed by atoms with Gasteiger partial charge in [0.05, 0.1) is 48.8 Å². The first kappa shape index (κ1) is 24.8. The lowest BCUT2D eigenvalue weighted by Crippen LogP contribution is -2.32. The van der Waals surface area contributed by atoms with Gasteiger partial charge in [0.25, 0.3) is 5.84 Å². The molecule has 0 atom stereocenters. The first-order chi connectivity index (χ1) is 17.5. The highest BCUT2D eigenvalue weighted by Crippen LogP contribution is 2.23. The van der Waals surface area contributed by atoms with Crippen LogP contribution in [0, 0.1) is 0 Å². The molecule has 0 aliphatic carbocycles. The summed E-state index contributed by atoms with van der Waals surface area (Å²) in [7, 11) is 0. The van der Waals surface area contributed by atoms with E-state index in [-0.39, 0.29) is 11.5 Å². The van der Waals surface area contributed by atoms with Gasteiger partial charge in [-0.15, -0.1) is 0 Å². The minimum absolute atomic E-state index is 0.165. The zero-order valence-corrected chi connectivity index (χ0v) is 20.3. The third-order valence-electron chi connectivity index (χ3n) is 6.04. The van der Waals surface area contributed by atoms with E-state index in [0.29, 0.717) is 11.4 Å². The summed E-state index contributed by atoms with van der Waals surface area (Å²) < 4.78 is 4.34. The van der Waals surface area contributed by atoms with E-state index in [1.165, 1.54) is 0 Å². The number of nitrogen functional groups attached to an aromatic ring is 2. The van der Waals surface area contributed by atoms with Crippen LogP contribution in [0.15, 0.2) is 67.5 Å². The first-order valence-corrected chi connectivity index (χ1v) is 12.2. The zero-order valence-electron chi connectivity index (χ0n) is 20.3. The number of aromatic hydroxyl groups is 2. The summed E-state index contributed by atoms with van der Waals surface area (Å²) in [6.45, 7) is 4.01. The molecule has 10 nitrogen and oxygen atoms in total. The number of benzene rings is 2. The van der Waals surface area contributed by atoms with E-state index < -0.39 is 0 Å². The van der Waals surface area contributed by atoms with Crippen LogP contribution in [0.25, 0.3) is 0 Å². The van der Waals surface area contributed by atoms with Gasteiger partial charge in [-0.3, -0.25) is 0 Å². The van der Waals surface area contributed by atoms with Gasteiger partial charge in [0.15, 0.2) is 6.20 Å². The molecule has 0 unspecified atom stereocenters. The molecule has 36 heavy (non-hydrogen) atoms. The van der Waals surface area contributed by atoms with E-state index in [0.717, 1.165) is 69.2 Å². The van der Waals surface area contributed by atoms with Gasteiger partial charge >= 0.3 is 0 Å². The molecule has 0 fully saturated rings. The van der Waals surface area contributed by atoms with E-state index in [1.54, 1.807) is 36.4 Å². The molecule has 1 aromatic heterocycles. The Hall–Kier alpha value is -4.34. The lowest BCUT2D eigenvalue weighted by Gasteiger charge is -2.13. The van der Waals surface area contributed by atoms with Crippen molar-refractivity contribution in [3.05, 3.63) is 67.5 Å². The highest BCUT2D eigenvalue weighted by molar-refractivity contribution is 5.84. The molecule has 0 spiro atoms. The molecule has 0 bridgehead atoms. The number of phenolic OH excluding ortho intramolecular Hbond substituents is 2. The number of imidazole rings is 1. The minimum atomic E-state index is 0.165. The van der Waals surface area contributed by atoms with E-state index >= 15 is 0 Å². The van der Waals surface area contributed by atoms with Gasteiger partial charge in [0.1, 0.15) is 43.2 Å². The molecule has 1 radical (unpaired) electrons. The summed E-state index contributed by atoms with van der Waals surface area (Å²) in [6, 6.07) is 9.91. The maximum absolute atomic E-state index is 9.48. The number of aryl methyl sites for hydroxylation is 1. The summed E-state index contributed by atoms with van der Waals surface area (Å²) in [5.41, 5.74) is 14.6. The van der Waals surface area contributed by atoms with E-state index in [1.807, 2.05) is 12.4 Å². The maximum Gasteiger partial charge on any atom is 0.298 e. The van der Waals surface area contributed by atoms with Crippen molar-refractivity contribution in [1.82, 2.24) is 14.5 Å². The van der Waals surface area contributed by atoms with Crippen molar-refractivity contribution in [2.24, 2.45) is 0 Å². The maximum atomic E-state index is 9.48. The summed E-state index contributed by atoms with van der Waals surface area (Å²) in [5.74, 6) is 1.41. The van der Waals surface area contributed by atoms with E-state index in [4.69, 9.17) is 11.5 Å². The largest absolute Gasteiger partial charge is 0.508 e. The summed E-state index contributed by atoms with van der Waals surface area (Å²) in [5, 5.41) is 25.6. The number of aliphatic imine (C=N–C) groups is 1. The predicted molar refractivity (Wildman–Crippen MR) is 143 cm³/mol. The second-order valence-corrected chi connectivity index (χ2v) is 8.78. The quantitative estimate of drug-likeness (QED) is 0.0932. The number of aromatic nitrogens is 2. The third kappa shape index (κ3) is 6.84. The number of rotatable bonds is 13. The molecule has 3 aromatic rings. The van der Waals surface area contributed by atoms with Gasteiger partial charge in [0, 0.05) is 12.1 Å². The number of anilines is 4. The monoisotopic (exact) mass is 491 g/mol. The van der Waals surface area contributed by atoms with Crippen molar-refractivity contribution in [3.8, 4) is 11.5 Å². The van der Waals surface area contributed by atoms with Gasteiger partial charge in [-0.05, 0) is 37.1 Å². The van der Waals surface area contributed by atoms with Crippen LogP contribution in [0.4, 0.5) is 22.7 Å². The topological polar surface area (TPSA) is 143 Å². The fourth-order valence-electron chi connectivity index (χ4n) is 4.11. The molecule has 2 heterocycles. The second kappa shape index (κ2) is 11.9. The molecule has 10 heteroatoms. The molecule has 189 valence electrons. The molecule has 0 saturated carbocycles. The molecular formula is C26H35N8O2+2. The lowest BCUT2D eigenvalue weighted by molar-refractivity contribution is -0.696. The standard InChI is InChI=1S/C26H34N8O2/c27-22-17-20(35)4-6-24(22)29-8-12-33-16-15-32(19-33)11-2-1-3-26-31-10-14-34(26)13-9-30-25-7-5-21(36)18-23(25)28/h4-7,10,14-19,29-30H,1-3,8-9,11-13,27-28H2,(H-,35,36)/q+1/p+1. The van der Waals surface area contributed by atoms with Crippen molar-refractivity contribution in [2.45, 2.75) is 32.4 Å². The summed E-state index contributed by atoms with van der Waals surface area (Å²) in [4.78, 5) is 6.69. The van der Waals surface area contributed by atoms with Crippen molar-refractivity contribution in [2.75, 3.05) is 41.7 Å². The number of nitrogens with one attached hydrogen (secondary N) is 2. The van der Waals surface area contributed by atoms with Crippen LogP contribution in [-0.4, -0.2) is 45.1 Å². The molecule has 1 aliphatic heterocycles. The van der Waals surface area contributed by atoms with Gasteiger partial charge in [-0.25, -0.2) is 14.0 Å². The molecule has 1 aliphatic rings. The van der Waals surface area contributed by atoms with Gasteiger partial charge in [-0.1, -0.05) is 4.99 Å². The van der Waals surface area contributed by atoms with Crippen LogP contribution in [0.2, 0.25) is 0 Å². The molecule has 4 rings (SSSR count). The Kier molecular flexibility index (Phi) is 8.17. The van der Waals surface area contributed by atoms with E-state index in [9.17, 15) is 10.2 Å². The lowest BCUT2D eigenvalue weighted by atomic mass is 10.2. The Labute approximate surface area is 211 Å². The fourth-order valence-corrected chi connectivity index (χ4v) is 4.11. The summed E-state index contributed by atoms with van der Waals surface area (Å²) >= 11 is 0. The molecule has 8 N–H and O–H groups in total. The van der Waals surface area contributed by atoms with E-state index in [2.05, 4.69) is 48.4 Å². The number of hydrogen-bond donors (Lipinski definition) is 6. The van der Waals surface area contributed by atoms with Crippen LogP contribution in [0.5, 0.6) is 11.5 Å². The smallest absolute Gasteiger partial charge is 0.298 e. The average molecular weight is 492 g/mol. The first-order valence-electron chi connectivity index (χ1n) is 12.2. The zero-order chi connectivity index (χ0) is 25.3. The Morgan fingerprint density at radius 3 is 2.22 bits per heavy atom. The van der Waals surface area contributed by atoms with Crippen molar-refractivity contribution in [1.29, 1.82) is 0 Å². The highest BCUT2D eigenvalue weighted by atomic mass is 16.3. The molecule has 0 saturated heterocycles. The Balaban J connectivity index is 1.12. The van der Waals surface area contributed by atoms with Crippen LogP contribution < -0.4 is 31.7 Å². The normalized spacial score (nSPS) is 12.7. The van der Waals surface area contributed by atoms with Crippen LogP contribution in [0.3, 0.4) is 0 Å². The number of nitrogens with two attached hydrogens (primary N) is 2. The SMILES string of the molecule is Nc1cc(O)ccc1NCCN1C=C[N+]=C1CCCC[n+]1ccn(CCNc2ccc(O)cc2N)c1. The van der Waals surface area contributed by atoms with Gasteiger partial charge < -0.3 is 32.3 Å². The minimum Gasteiger partial charge on any atom is -0.508 e. The average Bonchev–Trinajstić information content (AvgIpc) is 3.49. The van der Waals surface area contributed by atoms with Gasteiger partial charge in [0.2, 0.25) is 6.33 Å². The third-order valence-corrected chi connectivity index (χ3v) is 6.04. The predicted octanol–water partition coefficient (Wildman–Crippen LogP) is 2.27. The molecule has 0 amide bonds.